The average Bonchev–Trinajstić information content (AvgIpc) is 3.00. The summed E-state index contributed by atoms with van der Waals surface area (Å²) in [5, 5.41) is 3.02. The van der Waals surface area contributed by atoms with E-state index in [9.17, 15) is 14.4 Å². The number of piperidine rings is 1. The Morgan fingerprint density at radius 2 is 1.77 bits per heavy atom. The lowest BCUT2D eigenvalue weighted by molar-refractivity contribution is -0.125. The molecule has 0 aliphatic carbocycles. The number of nitrogens with one attached hydrogen (secondary N) is 1. The Kier molecular flexibility index (Phi) is 7.79. The van der Waals surface area contributed by atoms with Gasteiger partial charge in [-0.1, -0.05) is 46.3 Å². The van der Waals surface area contributed by atoms with E-state index in [4.69, 9.17) is 4.74 Å². The molecule has 186 valence electrons. The number of carbonyl (C=O) groups is 3. The molecule has 0 spiro atoms. The number of amides is 3. The summed E-state index contributed by atoms with van der Waals surface area (Å²) in [6.45, 7) is 7.09. The molecule has 1 N–H and O–H groups in total. The van der Waals surface area contributed by atoms with Crippen molar-refractivity contribution in [3.63, 3.8) is 0 Å². The van der Waals surface area contributed by atoms with Crippen molar-refractivity contribution in [2.75, 3.05) is 25.0 Å². The predicted molar refractivity (Wildman–Crippen MR) is 139 cm³/mol. The summed E-state index contributed by atoms with van der Waals surface area (Å²) in [6.07, 6.45) is 1.20. The first-order chi connectivity index (χ1) is 16.7. The Hall–Kier alpha value is -2.87. The lowest BCUT2D eigenvalue weighted by Crippen LogP contribution is -2.50. The van der Waals surface area contributed by atoms with E-state index < -0.39 is 12.2 Å². The highest BCUT2D eigenvalue weighted by Crippen LogP contribution is 2.26. The number of ketones is 1. The summed E-state index contributed by atoms with van der Waals surface area (Å²) in [6, 6.07) is 11.9. The van der Waals surface area contributed by atoms with Crippen LogP contribution in [0.1, 0.15) is 42.0 Å². The predicted octanol–water partition coefficient (Wildman–Crippen LogP) is 5.26. The van der Waals surface area contributed by atoms with E-state index in [1.165, 1.54) is 6.92 Å². The molecule has 3 amide bonds. The van der Waals surface area contributed by atoms with Gasteiger partial charge in [0.2, 0.25) is 0 Å². The first-order valence-electron chi connectivity index (χ1n) is 12.1. The number of benzene rings is 2. The maximum absolute atomic E-state index is 12.9. The Labute approximate surface area is 214 Å². The first kappa shape index (κ1) is 25.2. The van der Waals surface area contributed by atoms with Gasteiger partial charge in [0.15, 0.2) is 11.9 Å². The van der Waals surface area contributed by atoms with Gasteiger partial charge in [0.25, 0.3) is 0 Å². The third-order valence-corrected chi connectivity index (χ3v) is 8.17. The monoisotopic (exact) mass is 541 g/mol. The van der Waals surface area contributed by atoms with Gasteiger partial charge in [0, 0.05) is 42.3 Å². The maximum atomic E-state index is 12.9. The maximum Gasteiger partial charge on any atom is 0.410 e. The molecule has 0 saturated carbocycles. The van der Waals surface area contributed by atoms with E-state index in [0.29, 0.717) is 38.9 Å². The molecule has 1 saturated heterocycles. The number of likely N-dealkylation sites (tertiary alicyclic amines) is 1. The van der Waals surface area contributed by atoms with Gasteiger partial charge >= 0.3 is 12.1 Å². The number of anilines is 1. The fourth-order valence-electron chi connectivity index (χ4n) is 4.93. The number of rotatable bonds is 5. The fraction of sp³-hybridized carbons (Fsp3) is 0.444. The van der Waals surface area contributed by atoms with Crippen LogP contribution >= 0.6 is 15.9 Å². The van der Waals surface area contributed by atoms with E-state index in [-0.39, 0.29) is 17.9 Å². The molecule has 1 atom stereocenters. The lowest BCUT2D eigenvalue weighted by Gasteiger charge is -2.37. The second-order valence-electron chi connectivity index (χ2n) is 9.48. The molecule has 2 aliphatic rings. The van der Waals surface area contributed by atoms with Crippen molar-refractivity contribution >= 4 is 39.5 Å². The van der Waals surface area contributed by atoms with Crippen LogP contribution in [0.2, 0.25) is 0 Å². The highest BCUT2D eigenvalue weighted by atomic mass is 79.9. The normalized spacial score (nSPS) is 17.3. The van der Waals surface area contributed by atoms with Gasteiger partial charge in [-0.3, -0.25) is 4.79 Å². The molecule has 0 aromatic heterocycles. The minimum Gasteiger partial charge on any atom is -0.438 e. The van der Waals surface area contributed by atoms with Gasteiger partial charge in [0.05, 0.1) is 0 Å². The van der Waals surface area contributed by atoms with E-state index in [0.717, 1.165) is 38.8 Å². The number of hydrogen-bond donors (Lipinski definition) is 1. The molecule has 2 heterocycles. The molecule has 2 aromatic rings. The van der Waals surface area contributed by atoms with Crippen LogP contribution in [0, 0.1) is 13.8 Å². The molecule has 0 bridgehead atoms. The number of nitrogens with zero attached hydrogens (tertiary/aromatic N) is 2. The largest absolute Gasteiger partial charge is 0.438 e. The molecule has 4 rings (SSSR count). The second kappa shape index (κ2) is 10.8. The van der Waals surface area contributed by atoms with Crippen molar-refractivity contribution in [2.45, 2.75) is 58.6 Å². The first-order valence-corrected chi connectivity index (χ1v) is 12.9. The molecular formula is C27H32BrN3O4. The summed E-state index contributed by atoms with van der Waals surface area (Å²) in [5.74, 6) is -0.174. The van der Waals surface area contributed by atoms with Crippen LogP contribution in [0.3, 0.4) is 0 Å². The van der Waals surface area contributed by atoms with Crippen molar-refractivity contribution in [3.05, 3.63) is 63.1 Å². The fourth-order valence-corrected chi connectivity index (χ4v) is 5.16. The van der Waals surface area contributed by atoms with Crippen molar-refractivity contribution in [1.29, 1.82) is 0 Å². The van der Waals surface area contributed by atoms with Crippen molar-refractivity contribution in [2.24, 2.45) is 0 Å². The Bertz CT molecular complexity index is 1100. The average molecular weight is 542 g/mol. The van der Waals surface area contributed by atoms with Gasteiger partial charge in [-0.15, -0.1) is 0 Å². The van der Waals surface area contributed by atoms with Crippen molar-refractivity contribution in [1.82, 2.24) is 9.80 Å². The van der Waals surface area contributed by atoms with Crippen LogP contribution in [-0.2, 0) is 22.4 Å². The van der Waals surface area contributed by atoms with Gasteiger partial charge in [0.1, 0.15) is 0 Å². The minimum atomic E-state index is -0.824. The molecule has 8 heteroatoms. The van der Waals surface area contributed by atoms with Crippen LogP contribution in [0.15, 0.2) is 40.9 Å². The summed E-state index contributed by atoms with van der Waals surface area (Å²) in [7, 11) is 0. The van der Waals surface area contributed by atoms with Crippen LogP contribution in [0.4, 0.5) is 15.3 Å². The van der Waals surface area contributed by atoms with Gasteiger partial charge in [-0.2, -0.15) is 0 Å². The van der Waals surface area contributed by atoms with E-state index in [2.05, 4.69) is 21.2 Å². The number of Topliss-reactive ketones (excluding diaryl/α,β-unsaturated/α-hetero) is 1. The van der Waals surface area contributed by atoms with Crippen LogP contribution in [0.5, 0.6) is 0 Å². The molecule has 0 unspecified atom stereocenters. The molecular weight excluding hydrogens is 510 g/mol. The van der Waals surface area contributed by atoms with Gasteiger partial charge < -0.3 is 19.9 Å². The van der Waals surface area contributed by atoms with E-state index in [1.54, 1.807) is 4.90 Å². The zero-order valence-electron chi connectivity index (χ0n) is 20.5. The van der Waals surface area contributed by atoms with Gasteiger partial charge in [-0.05, 0) is 68.4 Å². The lowest BCUT2D eigenvalue weighted by atomic mass is 10.0. The number of halogens is 1. The molecule has 2 aliphatic heterocycles. The van der Waals surface area contributed by atoms with Crippen LogP contribution < -0.4 is 5.32 Å². The number of urea groups is 1. The van der Waals surface area contributed by atoms with Crippen molar-refractivity contribution in [3.8, 4) is 0 Å². The smallest absolute Gasteiger partial charge is 0.410 e. The standard InChI is InChI=1S/C27H32BrN3O4/c1-17-14-20(15-18(2)25(17)28)16-24(19(3)32)35-27(34)30-11-9-22(10-12-30)31-13-8-21-6-4-5-7-23(21)29-26(31)33/h4-7,14-15,22,24H,8-13,16H2,1-3H3,(H,29,33)/t24-/m1/s1. The number of carbonyl (C=O) groups excluding carboxylic acids is 3. The highest BCUT2D eigenvalue weighted by molar-refractivity contribution is 9.10. The zero-order valence-corrected chi connectivity index (χ0v) is 22.1. The summed E-state index contributed by atoms with van der Waals surface area (Å²) < 4.78 is 6.71. The summed E-state index contributed by atoms with van der Waals surface area (Å²) in [4.78, 5) is 41.5. The molecule has 2 aromatic carbocycles. The van der Waals surface area contributed by atoms with Crippen LogP contribution in [-0.4, -0.2) is 59.5 Å². The minimum absolute atomic E-state index is 0.0608. The number of ether oxygens (including phenoxy) is 1. The Balaban J connectivity index is 1.33. The highest BCUT2D eigenvalue weighted by Gasteiger charge is 2.33. The third-order valence-electron chi connectivity index (χ3n) is 6.92. The van der Waals surface area contributed by atoms with E-state index >= 15 is 0 Å². The molecule has 7 nitrogen and oxygen atoms in total. The quantitative estimate of drug-likeness (QED) is 0.560. The Morgan fingerprint density at radius 1 is 1.11 bits per heavy atom. The van der Waals surface area contributed by atoms with Crippen LogP contribution in [0.25, 0.3) is 0 Å². The third kappa shape index (κ3) is 5.86. The molecule has 1 fully saturated rings. The zero-order chi connectivity index (χ0) is 25.1. The number of fused-ring (bicyclic) bond motifs is 1. The number of hydrogen-bond acceptors (Lipinski definition) is 4. The van der Waals surface area contributed by atoms with E-state index in [1.807, 2.05) is 55.1 Å². The topological polar surface area (TPSA) is 79.0 Å². The summed E-state index contributed by atoms with van der Waals surface area (Å²) in [5.41, 5.74) is 5.12. The van der Waals surface area contributed by atoms with Crippen molar-refractivity contribution < 1.29 is 19.1 Å². The molecule has 35 heavy (non-hydrogen) atoms. The molecule has 0 radical (unpaired) electrons. The Morgan fingerprint density at radius 3 is 2.43 bits per heavy atom. The number of para-hydroxylation sites is 1. The SMILES string of the molecule is CC(=O)[C@@H](Cc1cc(C)c(Br)c(C)c1)OC(=O)N1CCC(N2CCc3ccccc3NC2=O)CC1. The second-order valence-corrected chi connectivity index (χ2v) is 10.3. The number of aryl methyl sites for hydroxylation is 2. The van der Waals surface area contributed by atoms with Gasteiger partial charge in [-0.25, -0.2) is 9.59 Å². The summed E-state index contributed by atoms with van der Waals surface area (Å²) >= 11 is 3.56.